The lowest BCUT2D eigenvalue weighted by Gasteiger charge is -2.36. The molecule has 3 nitrogen and oxygen atoms in total. The molecule has 3 heteroatoms. The smallest absolute Gasteiger partial charge is 0.234 e. The van der Waals surface area contributed by atoms with Crippen molar-refractivity contribution in [2.24, 2.45) is 4.99 Å². The van der Waals surface area contributed by atoms with E-state index in [1.54, 1.807) is 6.08 Å². The molecule has 0 bridgehead atoms. The van der Waals surface area contributed by atoms with Crippen LogP contribution in [0.25, 0.3) is 0 Å². The number of hydrogen-bond acceptors (Lipinski definition) is 3. The molecule has 0 aliphatic carbocycles. The average Bonchev–Trinajstić information content (AvgIpc) is 2.37. The SMILES string of the molecule is Cc1cccc(C2(CN=C=O)CCOCC2)c1. The Kier molecular flexibility index (Phi) is 3.72. The van der Waals surface area contributed by atoms with E-state index in [2.05, 4.69) is 36.2 Å². The van der Waals surface area contributed by atoms with E-state index >= 15 is 0 Å². The first-order valence-electron chi connectivity index (χ1n) is 5.95. The summed E-state index contributed by atoms with van der Waals surface area (Å²) in [7, 11) is 0. The van der Waals surface area contributed by atoms with E-state index in [1.165, 1.54) is 11.1 Å². The molecule has 1 fully saturated rings. The van der Waals surface area contributed by atoms with E-state index in [4.69, 9.17) is 4.74 Å². The molecule has 2 rings (SSSR count). The zero-order valence-electron chi connectivity index (χ0n) is 10.1. The fraction of sp³-hybridized carbons (Fsp3) is 0.500. The largest absolute Gasteiger partial charge is 0.381 e. The molecule has 0 radical (unpaired) electrons. The number of isocyanates is 1. The van der Waals surface area contributed by atoms with Gasteiger partial charge in [0.2, 0.25) is 6.08 Å². The maximum Gasteiger partial charge on any atom is 0.234 e. The van der Waals surface area contributed by atoms with E-state index in [0.29, 0.717) is 6.54 Å². The number of rotatable bonds is 3. The van der Waals surface area contributed by atoms with Crippen molar-refractivity contribution >= 4 is 6.08 Å². The molecular formula is C14H17NO2. The standard InChI is InChI=1S/C14H17NO2/c1-12-3-2-4-13(9-12)14(10-15-11-16)5-7-17-8-6-14/h2-4,9H,5-8,10H2,1H3. The summed E-state index contributed by atoms with van der Waals surface area (Å²) in [5.74, 6) is 0. The van der Waals surface area contributed by atoms with Gasteiger partial charge in [-0.3, -0.25) is 0 Å². The maximum atomic E-state index is 10.4. The Morgan fingerprint density at radius 2 is 2.18 bits per heavy atom. The summed E-state index contributed by atoms with van der Waals surface area (Å²) in [4.78, 5) is 14.2. The van der Waals surface area contributed by atoms with E-state index < -0.39 is 0 Å². The Labute approximate surface area is 102 Å². The lowest BCUT2D eigenvalue weighted by atomic mass is 9.74. The number of hydrogen-bond donors (Lipinski definition) is 0. The van der Waals surface area contributed by atoms with Gasteiger partial charge in [-0.15, -0.1) is 0 Å². The zero-order chi connectivity index (χ0) is 12.1. The average molecular weight is 231 g/mol. The van der Waals surface area contributed by atoms with E-state index in [9.17, 15) is 4.79 Å². The lowest BCUT2D eigenvalue weighted by Crippen LogP contribution is -2.36. The molecular weight excluding hydrogens is 214 g/mol. The molecule has 0 saturated carbocycles. The van der Waals surface area contributed by atoms with Gasteiger partial charge in [-0.1, -0.05) is 29.8 Å². The van der Waals surface area contributed by atoms with Gasteiger partial charge < -0.3 is 4.74 Å². The highest BCUT2D eigenvalue weighted by Crippen LogP contribution is 2.35. The van der Waals surface area contributed by atoms with Crippen molar-refractivity contribution < 1.29 is 9.53 Å². The highest BCUT2D eigenvalue weighted by atomic mass is 16.5. The highest BCUT2D eigenvalue weighted by molar-refractivity contribution is 5.36. The van der Waals surface area contributed by atoms with Crippen LogP contribution in [0.5, 0.6) is 0 Å². The van der Waals surface area contributed by atoms with Crippen molar-refractivity contribution in [1.29, 1.82) is 0 Å². The van der Waals surface area contributed by atoms with Crippen molar-refractivity contribution in [3.8, 4) is 0 Å². The molecule has 0 amide bonds. The molecule has 90 valence electrons. The van der Waals surface area contributed by atoms with Crippen LogP contribution in [-0.2, 0) is 14.9 Å². The van der Waals surface area contributed by atoms with Crippen LogP contribution in [0.15, 0.2) is 29.3 Å². The summed E-state index contributed by atoms with van der Waals surface area (Å²) in [5, 5.41) is 0. The predicted molar refractivity (Wildman–Crippen MR) is 65.9 cm³/mol. The molecule has 1 aliphatic rings. The predicted octanol–water partition coefficient (Wildman–Crippen LogP) is 2.38. The van der Waals surface area contributed by atoms with Gasteiger partial charge in [0.25, 0.3) is 0 Å². The summed E-state index contributed by atoms with van der Waals surface area (Å²) in [6, 6.07) is 8.45. The fourth-order valence-electron chi connectivity index (χ4n) is 2.46. The van der Waals surface area contributed by atoms with Crippen molar-refractivity contribution in [1.82, 2.24) is 0 Å². The second-order valence-electron chi connectivity index (χ2n) is 4.67. The van der Waals surface area contributed by atoms with E-state index in [1.807, 2.05) is 0 Å². The number of aliphatic imine (C=N–C) groups is 1. The molecule has 0 aromatic heterocycles. The molecule has 0 spiro atoms. The van der Waals surface area contributed by atoms with Crippen LogP contribution in [0.3, 0.4) is 0 Å². The van der Waals surface area contributed by atoms with Crippen molar-refractivity contribution in [2.45, 2.75) is 25.2 Å². The second-order valence-corrected chi connectivity index (χ2v) is 4.67. The monoisotopic (exact) mass is 231 g/mol. The third-order valence-electron chi connectivity index (χ3n) is 3.53. The molecule has 0 unspecified atom stereocenters. The van der Waals surface area contributed by atoms with Crippen molar-refractivity contribution in [3.05, 3.63) is 35.4 Å². The Balaban J connectivity index is 2.34. The fourth-order valence-corrected chi connectivity index (χ4v) is 2.46. The first-order valence-corrected chi connectivity index (χ1v) is 5.95. The Bertz CT molecular complexity index is 430. The molecule has 0 N–H and O–H groups in total. The van der Waals surface area contributed by atoms with Crippen molar-refractivity contribution in [2.75, 3.05) is 19.8 Å². The number of aryl methyl sites for hydroxylation is 1. The van der Waals surface area contributed by atoms with Crippen LogP contribution in [-0.4, -0.2) is 25.8 Å². The first-order chi connectivity index (χ1) is 8.27. The van der Waals surface area contributed by atoms with E-state index in [0.717, 1.165) is 26.1 Å². The van der Waals surface area contributed by atoms with Gasteiger partial charge in [0.05, 0.1) is 6.54 Å². The Hall–Kier alpha value is -1.44. The minimum Gasteiger partial charge on any atom is -0.381 e. The van der Waals surface area contributed by atoms with Crippen LogP contribution in [0.1, 0.15) is 24.0 Å². The van der Waals surface area contributed by atoms with Gasteiger partial charge in [-0.05, 0) is 25.3 Å². The van der Waals surface area contributed by atoms with E-state index in [-0.39, 0.29) is 5.41 Å². The first kappa shape index (κ1) is 12.0. The molecule has 1 aromatic rings. The maximum absolute atomic E-state index is 10.4. The third kappa shape index (κ3) is 2.63. The summed E-state index contributed by atoms with van der Waals surface area (Å²) >= 11 is 0. The van der Waals surface area contributed by atoms with Crippen LogP contribution in [0.4, 0.5) is 0 Å². The Morgan fingerprint density at radius 3 is 2.82 bits per heavy atom. The second kappa shape index (κ2) is 5.26. The summed E-state index contributed by atoms with van der Waals surface area (Å²) in [6.45, 7) is 4.08. The quantitative estimate of drug-likeness (QED) is 0.591. The lowest BCUT2D eigenvalue weighted by molar-refractivity contribution is 0.0531. The van der Waals surface area contributed by atoms with Crippen LogP contribution in [0, 0.1) is 6.92 Å². The number of nitrogens with zero attached hydrogens (tertiary/aromatic N) is 1. The molecule has 1 heterocycles. The topological polar surface area (TPSA) is 38.7 Å². The summed E-state index contributed by atoms with van der Waals surface area (Å²) in [6.07, 6.45) is 3.49. The minimum atomic E-state index is -0.0400. The summed E-state index contributed by atoms with van der Waals surface area (Å²) < 4.78 is 5.42. The van der Waals surface area contributed by atoms with Gasteiger partial charge >= 0.3 is 0 Å². The summed E-state index contributed by atoms with van der Waals surface area (Å²) in [5.41, 5.74) is 2.46. The molecule has 17 heavy (non-hydrogen) atoms. The molecule has 0 atom stereocenters. The number of benzene rings is 1. The van der Waals surface area contributed by atoms with Gasteiger partial charge in [0, 0.05) is 18.6 Å². The van der Waals surface area contributed by atoms with Crippen LogP contribution in [0.2, 0.25) is 0 Å². The van der Waals surface area contributed by atoms with Gasteiger partial charge in [0.1, 0.15) is 0 Å². The highest BCUT2D eigenvalue weighted by Gasteiger charge is 2.34. The normalized spacial score (nSPS) is 18.4. The van der Waals surface area contributed by atoms with Gasteiger partial charge in [-0.25, -0.2) is 9.79 Å². The molecule has 1 saturated heterocycles. The van der Waals surface area contributed by atoms with Crippen LogP contribution >= 0.6 is 0 Å². The molecule has 1 aliphatic heterocycles. The van der Waals surface area contributed by atoms with Gasteiger partial charge in [0.15, 0.2) is 0 Å². The van der Waals surface area contributed by atoms with Gasteiger partial charge in [-0.2, -0.15) is 0 Å². The number of ether oxygens (including phenoxy) is 1. The minimum absolute atomic E-state index is 0.0400. The third-order valence-corrected chi connectivity index (χ3v) is 3.53. The number of carbonyl (C=O) groups excluding carboxylic acids is 1. The Morgan fingerprint density at radius 1 is 1.41 bits per heavy atom. The molecule has 1 aromatic carbocycles. The van der Waals surface area contributed by atoms with Crippen LogP contribution < -0.4 is 0 Å². The zero-order valence-corrected chi connectivity index (χ0v) is 10.1. The van der Waals surface area contributed by atoms with Crippen molar-refractivity contribution in [3.63, 3.8) is 0 Å².